The van der Waals surface area contributed by atoms with Crippen molar-refractivity contribution in [2.75, 3.05) is 6.54 Å². The smallest absolute Gasteiger partial charge is 0.237 e. The van der Waals surface area contributed by atoms with Gasteiger partial charge in [0.1, 0.15) is 0 Å². The number of aliphatic hydroxyl groups is 1. The Hall–Kier alpha value is -0.610. The topological polar surface area (TPSA) is 61.4 Å². The van der Waals surface area contributed by atoms with Crippen LogP contribution in [0.5, 0.6) is 0 Å². The predicted octanol–water partition coefficient (Wildman–Crippen LogP) is 1.57. The Kier molecular flexibility index (Phi) is 5.64. The van der Waals surface area contributed by atoms with Gasteiger partial charge in [0, 0.05) is 12.6 Å². The van der Waals surface area contributed by atoms with Crippen LogP contribution in [0.2, 0.25) is 0 Å². The minimum atomic E-state index is -0.271. The second-order valence-electron chi connectivity index (χ2n) is 6.23. The normalized spacial score (nSPS) is 32.4. The molecule has 4 heteroatoms. The van der Waals surface area contributed by atoms with Crippen molar-refractivity contribution in [3.8, 4) is 0 Å². The molecule has 0 aromatic heterocycles. The van der Waals surface area contributed by atoms with E-state index in [1.54, 1.807) is 6.92 Å². The summed E-state index contributed by atoms with van der Waals surface area (Å²) < 4.78 is 0. The van der Waals surface area contributed by atoms with E-state index in [9.17, 15) is 9.90 Å². The van der Waals surface area contributed by atoms with E-state index in [0.29, 0.717) is 12.6 Å². The first-order valence-corrected chi connectivity index (χ1v) is 7.88. The first-order valence-electron chi connectivity index (χ1n) is 7.88. The zero-order valence-electron chi connectivity index (χ0n) is 12.0. The quantitative estimate of drug-likeness (QED) is 0.663. The molecule has 1 saturated heterocycles. The lowest BCUT2D eigenvalue weighted by Gasteiger charge is -2.39. The molecule has 4 nitrogen and oxygen atoms in total. The molecule has 110 valence electrons. The lowest BCUT2D eigenvalue weighted by atomic mass is 9.77. The van der Waals surface area contributed by atoms with Crippen LogP contribution >= 0.6 is 0 Å². The van der Waals surface area contributed by atoms with E-state index in [0.717, 1.165) is 25.2 Å². The summed E-state index contributed by atoms with van der Waals surface area (Å²) in [6.07, 6.45) is 8.73. The Morgan fingerprint density at radius 1 is 1.32 bits per heavy atom. The standard InChI is InChI=1S/C15H28N2O2/c1-11(18)5-4-10-16-15(19)14-9-8-12-6-2-3-7-13(12)17-14/h11-14,17-18H,2-10H2,1H3,(H,16,19). The molecule has 1 aliphatic heterocycles. The zero-order chi connectivity index (χ0) is 13.7. The van der Waals surface area contributed by atoms with Gasteiger partial charge in [0.05, 0.1) is 12.1 Å². The first-order chi connectivity index (χ1) is 9.16. The molecule has 1 aliphatic carbocycles. The van der Waals surface area contributed by atoms with Crippen LogP contribution in [0.25, 0.3) is 0 Å². The van der Waals surface area contributed by atoms with Crippen LogP contribution in [-0.2, 0) is 4.79 Å². The molecule has 1 heterocycles. The average molecular weight is 268 g/mol. The lowest BCUT2D eigenvalue weighted by molar-refractivity contribution is -0.124. The van der Waals surface area contributed by atoms with Crippen LogP contribution < -0.4 is 10.6 Å². The van der Waals surface area contributed by atoms with Crippen molar-refractivity contribution in [1.29, 1.82) is 0 Å². The molecular formula is C15H28N2O2. The van der Waals surface area contributed by atoms with Crippen LogP contribution in [0.1, 0.15) is 58.3 Å². The van der Waals surface area contributed by atoms with Crippen molar-refractivity contribution < 1.29 is 9.90 Å². The van der Waals surface area contributed by atoms with Crippen LogP contribution in [-0.4, -0.2) is 35.7 Å². The van der Waals surface area contributed by atoms with Crippen LogP contribution in [0.3, 0.4) is 0 Å². The molecule has 1 amide bonds. The number of hydrogen-bond donors (Lipinski definition) is 3. The summed E-state index contributed by atoms with van der Waals surface area (Å²) >= 11 is 0. The van der Waals surface area contributed by atoms with E-state index in [1.807, 2.05) is 0 Å². The van der Waals surface area contributed by atoms with E-state index in [4.69, 9.17) is 0 Å². The van der Waals surface area contributed by atoms with Crippen molar-refractivity contribution in [2.24, 2.45) is 5.92 Å². The number of amides is 1. The van der Waals surface area contributed by atoms with Crippen LogP contribution in [0.4, 0.5) is 0 Å². The predicted molar refractivity (Wildman–Crippen MR) is 75.8 cm³/mol. The number of hydrogen-bond acceptors (Lipinski definition) is 3. The SMILES string of the molecule is CC(O)CCCNC(=O)C1CCC2CCCCC2N1. The summed E-state index contributed by atoms with van der Waals surface area (Å²) in [7, 11) is 0. The molecule has 2 aliphatic rings. The molecule has 4 unspecified atom stereocenters. The number of carbonyl (C=O) groups excluding carboxylic acids is 1. The van der Waals surface area contributed by atoms with E-state index < -0.39 is 0 Å². The highest BCUT2D eigenvalue weighted by atomic mass is 16.3. The molecular weight excluding hydrogens is 240 g/mol. The van der Waals surface area contributed by atoms with E-state index in [1.165, 1.54) is 32.1 Å². The van der Waals surface area contributed by atoms with Crippen molar-refractivity contribution in [3.63, 3.8) is 0 Å². The maximum absolute atomic E-state index is 12.1. The summed E-state index contributed by atoms with van der Waals surface area (Å²) in [5.41, 5.74) is 0. The molecule has 0 spiro atoms. The van der Waals surface area contributed by atoms with Gasteiger partial charge in [0.15, 0.2) is 0 Å². The minimum absolute atomic E-state index is 0.00546. The third-order valence-electron chi connectivity index (χ3n) is 4.56. The van der Waals surface area contributed by atoms with Crippen molar-refractivity contribution in [1.82, 2.24) is 10.6 Å². The largest absolute Gasteiger partial charge is 0.393 e. The molecule has 4 atom stereocenters. The minimum Gasteiger partial charge on any atom is -0.393 e. The van der Waals surface area contributed by atoms with Gasteiger partial charge in [-0.2, -0.15) is 0 Å². The van der Waals surface area contributed by atoms with Gasteiger partial charge in [-0.15, -0.1) is 0 Å². The fourth-order valence-electron chi connectivity index (χ4n) is 3.43. The Morgan fingerprint density at radius 3 is 2.89 bits per heavy atom. The highest BCUT2D eigenvalue weighted by Gasteiger charge is 2.34. The Morgan fingerprint density at radius 2 is 2.11 bits per heavy atom. The average Bonchev–Trinajstić information content (AvgIpc) is 2.42. The van der Waals surface area contributed by atoms with E-state index in [-0.39, 0.29) is 18.1 Å². The highest BCUT2D eigenvalue weighted by molar-refractivity contribution is 5.81. The van der Waals surface area contributed by atoms with Gasteiger partial charge in [-0.25, -0.2) is 0 Å². The molecule has 1 saturated carbocycles. The third kappa shape index (κ3) is 4.46. The fraction of sp³-hybridized carbons (Fsp3) is 0.933. The molecule has 3 N–H and O–H groups in total. The number of aliphatic hydroxyl groups excluding tert-OH is 1. The number of carbonyl (C=O) groups is 1. The molecule has 0 aromatic rings. The van der Waals surface area contributed by atoms with Crippen molar-refractivity contribution >= 4 is 5.91 Å². The summed E-state index contributed by atoms with van der Waals surface area (Å²) in [5.74, 6) is 0.947. The number of fused-ring (bicyclic) bond motifs is 1. The van der Waals surface area contributed by atoms with Gasteiger partial charge in [0.25, 0.3) is 0 Å². The number of nitrogens with one attached hydrogen (secondary N) is 2. The second kappa shape index (κ2) is 7.25. The van der Waals surface area contributed by atoms with Gasteiger partial charge in [0.2, 0.25) is 5.91 Å². The Bertz CT molecular complexity index is 294. The first kappa shape index (κ1) is 14.8. The van der Waals surface area contributed by atoms with Crippen LogP contribution in [0, 0.1) is 5.92 Å². The van der Waals surface area contributed by atoms with Crippen LogP contribution in [0.15, 0.2) is 0 Å². The van der Waals surface area contributed by atoms with E-state index in [2.05, 4.69) is 10.6 Å². The Labute approximate surface area is 116 Å². The van der Waals surface area contributed by atoms with Gasteiger partial charge in [-0.3, -0.25) is 4.79 Å². The molecule has 0 radical (unpaired) electrons. The molecule has 19 heavy (non-hydrogen) atoms. The third-order valence-corrected chi connectivity index (χ3v) is 4.56. The van der Waals surface area contributed by atoms with Crippen molar-refractivity contribution in [2.45, 2.75) is 76.5 Å². The summed E-state index contributed by atoms with van der Waals surface area (Å²) in [5, 5.41) is 15.7. The monoisotopic (exact) mass is 268 g/mol. The number of rotatable bonds is 5. The van der Waals surface area contributed by atoms with Gasteiger partial charge in [-0.1, -0.05) is 12.8 Å². The maximum Gasteiger partial charge on any atom is 0.237 e. The second-order valence-corrected chi connectivity index (χ2v) is 6.23. The summed E-state index contributed by atoms with van der Waals surface area (Å²) in [6, 6.07) is 0.571. The highest BCUT2D eigenvalue weighted by Crippen LogP contribution is 2.32. The maximum atomic E-state index is 12.1. The molecule has 0 bridgehead atoms. The fourth-order valence-corrected chi connectivity index (χ4v) is 3.43. The molecule has 2 rings (SSSR count). The van der Waals surface area contributed by atoms with E-state index >= 15 is 0 Å². The Balaban J connectivity index is 1.68. The summed E-state index contributed by atoms with van der Waals surface area (Å²) in [6.45, 7) is 2.46. The van der Waals surface area contributed by atoms with Gasteiger partial charge < -0.3 is 15.7 Å². The number of piperidine rings is 1. The molecule has 0 aromatic carbocycles. The van der Waals surface area contributed by atoms with Gasteiger partial charge >= 0.3 is 0 Å². The lowest BCUT2D eigenvalue weighted by Crippen LogP contribution is -2.55. The van der Waals surface area contributed by atoms with Crippen molar-refractivity contribution in [3.05, 3.63) is 0 Å². The zero-order valence-corrected chi connectivity index (χ0v) is 12.0. The summed E-state index contributed by atoms with van der Waals surface area (Å²) in [4.78, 5) is 12.1. The van der Waals surface area contributed by atoms with Gasteiger partial charge in [-0.05, 0) is 51.4 Å². The molecule has 2 fully saturated rings.